The standard InChI is InChI=1S/C27H24N4/c1-28-23-7-2-20(3-8-23)22-6-11-26-25(18-22)27(14-17-30-26)31-24-9-4-19(5-10-24)21-12-15-29-16-13-21/h2-11,14,17-18,21,29H,12-13,15-16H2,(H,30,31). The Kier molecular flexibility index (Phi) is 5.35. The number of benzene rings is 3. The number of nitrogens with zero attached hydrogens (tertiary/aromatic N) is 2. The van der Waals surface area contributed by atoms with E-state index in [0.29, 0.717) is 11.6 Å². The zero-order valence-corrected chi connectivity index (χ0v) is 17.3. The van der Waals surface area contributed by atoms with Gasteiger partial charge >= 0.3 is 0 Å². The van der Waals surface area contributed by atoms with Crippen molar-refractivity contribution < 1.29 is 0 Å². The summed E-state index contributed by atoms with van der Waals surface area (Å²) in [5.41, 5.74) is 7.36. The average Bonchev–Trinajstić information content (AvgIpc) is 2.85. The summed E-state index contributed by atoms with van der Waals surface area (Å²) in [5, 5.41) is 8.10. The van der Waals surface area contributed by atoms with Crippen molar-refractivity contribution in [3.63, 3.8) is 0 Å². The van der Waals surface area contributed by atoms with Crippen LogP contribution in [0.4, 0.5) is 17.1 Å². The number of nitrogens with one attached hydrogen (secondary N) is 2. The molecule has 4 aromatic rings. The van der Waals surface area contributed by atoms with Gasteiger partial charge in [0.25, 0.3) is 0 Å². The third kappa shape index (κ3) is 4.14. The maximum atomic E-state index is 7.14. The molecule has 0 radical (unpaired) electrons. The zero-order chi connectivity index (χ0) is 21.0. The Morgan fingerprint density at radius 2 is 1.61 bits per heavy atom. The van der Waals surface area contributed by atoms with E-state index >= 15 is 0 Å². The average molecular weight is 405 g/mol. The molecular weight excluding hydrogens is 380 g/mol. The van der Waals surface area contributed by atoms with E-state index in [1.807, 2.05) is 36.5 Å². The molecule has 0 spiro atoms. The minimum absolute atomic E-state index is 0.654. The van der Waals surface area contributed by atoms with Crippen molar-refractivity contribution in [3.05, 3.63) is 96.0 Å². The van der Waals surface area contributed by atoms with Gasteiger partial charge in [0.2, 0.25) is 0 Å². The fraction of sp³-hybridized carbons (Fsp3) is 0.185. The van der Waals surface area contributed by atoms with E-state index in [1.54, 1.807) is 0 Å². The fourth-order valence-corrected chi connectivity index (χ4v) is 4.31. The maximum absolute atomic E-state index is 7.14. The summed E-state index contributed by atoms with van der Waals surface area (Å²) in [6.45, 7) is 9.35. The van der Waals surface area contributed by atoms with Crippen LogP contribution in [0.25, 0.3) is 26.9 Å². The zero-order valence-electron chi connectivity index (χ0n) is 17.3. The highest BCUT2D eigenvalue weighted by atomic mass is 14.9. The first-order valence-corrected chi connectivity index (χ1v) is 10.7. The van der Waals surface area contributed by atoms with E-state index in [2.05, 4.69) is 62.9 Å². The molecule has 1 aromatic heterocycles. The van der Waals surface area contributed by atoms with Crippen molar-refractivity contribution in [2.45, 2.75) is 18.8 Å². The van der Waals surface area contributed by atoms with Crippen LogP contribution in [0.2, 0.25) is 0 Å². The Balaban J connectivity index is 1.43. The van der Waals surface area contributed by atoms with Gasteiger partial charge in [-0.25, -0.2) is 4.85 Å². The Morgan fingerprint density at radius 1 is 0.871 bits per heavy atom. The van der Waals surface area contributed by atoms with Gasteiger partial charge in [0.05, 0.1) is 12.1 Å². The second-order valence-electron chi connectivity index (χ2n) is 8.02. The van der Waals surface area contributed by atoms with Gasteiger partial charge in [-0.3, -0.25) is 4.98 Å². The van der Waals surface area contributed by atoms with Crippen molar-refractivity contribution >= 4 is 28.0 Å². The van der Waals surface area contributed by atoms with Crippen molar-refractivity contribution in [2.75, 3.05) is 18.4 Å². The van der Waals surface area contributed by atoms with E-state index in [9.17, 15) is 0 Å². The SMILES string of the molecule is [C-]#[N+]c1ccc(-c2ccc3nccc(Nc4ccc(C5CCNCC5)cc4)c3c2)cc1. The molecule has 0 amide bonds. The molecule has 1 saturated heterocycles. The van der Waals surface area contributed by atoms with Gasteiger partial charge in [-0.15, -0.1) is 0 Å². The number of hydrogen-bond acceptors (Lipinski definition) is 3. The van der Waals surface area contributed by atoms with Crippen LogP contribution in [0, 0.1) is 6.57 Å². The van der Waals surface area contributed by atoms with Crippen LogP contribution in [0.15, 0.2) is 79.0 Å². The minimum atomic E-state index is 0.654. The van der Waals surface area contributed by atoms with Crippen LogP contribution in [0.3, 0.4) is 0 Å². The summed E-state index contributed by atoms with van der Waals surface area (Å²) in [4.78, 5) is 8.01. The third-order valence-electron chi connectivity index (χ3n) is 6.07. The second kappa shape index (κ2) is 8.59. The van der Waals surface area contributed by atoms with Gasteiger partial charge in [0.1, 0.15) is 0 Å². The van der Waals surface area contributed by atoms with Gasteiger partial charge in [-0.2, -0.15) is 0 Å². The quantitative estimate of drug-likeness (QED) is 0.374. The van der Waals surface area contributed by atoms with Crippen LogP contribution in [0.1, 0.15) is 24.3 Å². The lowest BCUT2D eigenvalue weighted by atomic mass is 9.90. The summed E-state index contributed by atoms with van der Waals surface area (Å²) >= 11 is 0. The number of fused-ring (bicyclic) bond motifs is 1. The molecule has 31 heavy (non-hydrogen) atoms. The monoisotopic (exact) mass is 404 g/mol. The van der Waals surface area contributed by atoms with Gasteiger partial charge < -0.3 is 10.6 Å². The molecule has 0 unspecified atom stereocenters. The predicted molar refractivity (Wildman–Crippen MR) is 128 cm³/mol. The molecule has 1 aliphatic rings. The highest BCUT2D eigenvalue weighted by Crippen LogP contribution is 2.32. The molecule has 152 valence electrons. The molecule has 0 atom stereocenters. The Labute approximate surface area is 182 Å². The van der Waals surface area contributed by atoms with Crippen LogP contribution in [0.5, 0.6) is 0 Å². The van der Waals surface area contributed by atoms with Gasteiger partial charge in [-0.05, 0) is 78.9 Å². The first kappa shape index (κ1) is 19.3. The molecule has 4 nitrogen and oxygen atoms in total. The molecule has 0 bridgehead atoms. The Bertz CT molecular complexity index is 1230. The number of anilines is 2. The van der Waals surface area contributed by atoms with E-state index in [1.165, 1.54) is 18.4 Å². The van der Waals surface area contributed by atoms with E-state index in [-0.39, 0.29) is 0 Å². The lowest BCUT2D eigenvalue weighted by Gasteiger charge is -2.23. The summed E-state index contributed by atoms with van der Waals surface area (Å²) in [6, 6.07) is 24.9. The van der Waals surface area contributed by atoms with E-state index in [0.717, 1.165) is 46.5 Å². The summed E-state index contributed by atoms with van der Waals surface area (Å²) in [5.74, 6) is 0.661. The van der Waals surface area contributed by atoms with Crippen molar-refractivity contribution in [3.8, 4) is 11.1 Å². The number of piperidine rings is 1. The lowest BCUT2D eigenvalue weighted by molar-refractivity contribution is 0.460. The topological polar surface area (TPSA) is 41.3 Å². The molecule has 1 fully saturated rings. The fourth-order valence-electron chi connectivity index (χ4n) is 4.31. The maximum Gasteiger partial charge on any atom is 0.187 e. The smallest absolute Gasteiger partial charge is 0.187 e. The molecule has 2 N–H and O–H groups in total. The molecule has 2 heterocycles. The van der Waals surface area contributed by atoms with Crippen molar-refractivity contribution in [1.29, 1.82) is 0 Å². The molecule has 4 heteroatoms. The van der Waals surface area contributed by atoms with Crippen molar-refractivity contribution in [1.82, 2.24) is 10.3 Å². The van der Waals surface area contributed by atoms with Crippen LogP contribution < -0.4 is 10.6 Å². The van der Waals surface area contributed by atoms with Crippen LogP contribution in [-0.4, -0.2) is 18.1 Å². The Hall–Kier alpha value is -3.68. The molecule has 5 rings (SSSR count). The highest BCUT2D eigenvalue weighted by molar-refractivity contribution is 5.95. The molecule has 3 aromatic carbocycles. The number of rotatable bonds is 4. The van der Waals surface area contributed by atoms with Crippen LogP contribution in [-0.2, 0) is 0 Å². The minimum Gasteiger partial charge on any atom is -0.355 e. The number of pyridine rings is 1. The summed E-state index contributed by atoms with van der Waals surface area (Å²) < 4.78 is 0. The third-order valence-corrected chi connectivity index (χ3v) is 6.07. The molecule has 0 saturated carbocycles. The largest absolute Gasteiger partial charge is 0.355 e. The summed E-state index contributed by atoms with van der Waals surface area (Å²) in [7, 11) is 0. The first-order chi connectivity index (χ1) is 15.3. The van der Waals surface area contributed by atoms with E-state index in [4.69, 9.17) is 6.57 Å². The molecule has 0 aliphatic carbocycles. The van der Waals surface area contributed by atoms with Gasteiger partial charge in [0, 0.05) is 23.0 Å². The van der Waals surface area contributed by atoms with Gasteiger partial charge in [0.15, 0.2) is 5.69 Å². The van der Waals surface area contributed by atoms with Gasteiger partial charge in [-0.1, -0.05) is 42.5 Å². The van der Waals surface area contributed by atoms with Crippen molar-refractivity contribution in [2.24, 2.45) is 0 Å². The Morgan fingerprint density at radius 3 is 2.35 bits per heavy atom. The molecular formula is C27H24N4. The van der Waals surface area contributed by atoms with E-state index < -0.39 is 0 Å². The number of aromatic nitrogens is 1. The summed E-state index contributed by atoms with van der Waals surface area (Å²) in [6.07, 6.45) is 4.26. The predicted octanol–water partition coefficient (Wildman–Crippen LogP) is 6.66. The number of hydrogen-bond donors (Lipinski definition) is 2. The molecule has 1 aliphatic heterocycles. The van der Waals surface area contributed by atoms with Crippen LogP contribution >= 0.6 is 0 Å². The normalized spacial score (nSPS) is 14.3. The lowest BCUT2D eigenvalue weighted by Crippen LogP contribution is -2.26. The highest BCUT2D eigenvalue weighted by Gasteiger charge is 2.15. The first-order valence-electron chi connectivity index (χ1n) is 10.7. The second-order valence-corrected chi connectivity index (χ2v) is 8.02.